The van der Waals surface area contributed by atoms with Crippen molar-refractivity contribution in [3.8, 4) is 11.5 Å². The van der Waals surface area contributed by atoms with Crippen LogP contribution in [0.5, 0.6) is 11.5 Å². The Morgan fingerprint density at radius 2 is 1.76 bits per heavy atom. The SMILES string of the molecule is COc1ccc(C(=O)N/C(=C\c2cn(S(=O)(=O)N(C)C)c3ccccc23)C(=O)NCCCN2CCOCC2)cc1OC. The number of hydrogen-bond acceptors (Lipinski definition) is 8. The van der Waals surface area contributed by atoms with Crippen molar-refractivity contribution in [2.75, 3.05) is 67.7 Å². The van der Waals surface area contributed by atoms with E-state index in [1.165, 1.54) is 46.7 Å². The van der Waals surface area contributed by atoms with Crippen LogP contribution in [0.15, 0.2) is 54.4 Å². The third kappa shape index (κ3) is 7.10. The quantitative estimate of drug-likeness (QED) is 0.239. The van der Waals surface area contributed by atoms with E-state index in [4.69, 9.17) is 14.2 Å². The van der Waals surface area contributed by atoms with Crippen molar-refractivity contribution < 1.29 is 32.2 Å². The summed E-state index contributed by atoms with van der Waals surface area (Å²) in [4.78, 5) is 29.0. The first-order chi connectivity index (χ1) is 20.1. The van der Waals surface area contributed by atoms with Gasteiger partial charge in [0.05, 0.1) is 33.0 Å². The van der Waals surface area contributed by atoms with Crippen LogP contribution in [0.25, 0.3) is 17.0 Å². The number of morpholine rings is 1. The molecule has 0 unspecified atom stereocenters. The summed E-state index contributed by atoms with van der Waals surface area (Å²) in [5.41, 5.74) is 1.10. The summed E-state index contributed by atoms with van der Waals surface area (Å²) in [6.45, 7) is 4.27. The number of carbonyl (C=O) groups is 2. The van der Waals surface area contributed by atoms with Crippen LogP contribution >= 0.6 is 0 Å². The summed E-state index contributed by atoms with van der Waals surface area (Å²) in [5, 5.41) is 6.20. The molecular formula is C29H37N5O7S. The van der Waals surface area contributed by atoms with Gasteiger partial charge in [-0.1, -0.05) is 18.2 Å². The first-order valence-corrected chi connectivity index (χ1v) is 14.9. The summed E-state index contributed by atoms with van der Waals surface area (Å²) >= 11 is 0. The van der Waals surface area contributed by atoms with Crippen LogP contribution in [-0.2, 0) is 19.7 Å². The molecule has 2 N–H and O–H groups in total. The Hall–Kier alpha value is -3.91. The highest BCUT2D eigenvalue weighted by molar-refractivity contribution is 7.87. The van der Waals surface area contributed by atoms with Gasteiger partial charge in [-0.05, 0) is 43.3 Å². The first kappa shape index (κ1) is 31.0. The van der Waals surface area contributed by atoms with E-state index in [0.29, 0.717) is 54.1 Å². The van der Waals surface area contributed by atoms with Gasteiger partial charge in [0.15, 0.2) is 11.5 Å². The van der Waals surface area contributed by atoms with Crippen molar-refractivity contribution in [1.29, 1.82) is 0 Å². The molecule has 1 aliphatic heterocycles. The molecule has 0 aliphatic carbocycles. The molecule has 1 aliphatic rings. The molecule has 226 valence electrons. The number of nitrogens with zero attached hydrogens (tertiary/aromatic N) is 3. The van der Waals surface area contributed by atoms with Gasteiger partial charge in [-0.2, -0.15) is 12.7 Å². The van der Waals surface area contributed by atoms with Gasteiger partial charge < -0.3 is 24.8 Å². The summed E-state index contributed by atoms with van der Waals surface area (Å²) in [5.74, 6) is -0.230. The summed E-state index contributed by atoms with van der Waals surface area (Å²) < 4.78 is 44.3. The van der Waals surface area contributed by atoms with Crippen molar-refractivity contribution in [1.82, 2.24) is 23.8 Å². The van der Waals surface area contributed by atoms with Crippen molar-refractivity contribution in [2.45, 2.75) is 6.42 Å². The predicted molar refractivity (Wildman–Crippen MR) is 160 cm³/mol. The smallest absolute Gasteiger partial charge is 0.307 e. The number of nitrogens with one attached hydrogen (secondary N) is 2. The number of methoxy groups -OCH3 is 2. The molecule has 0 atom stereocenters. The fourth-order valence-corrected chi connectivity index (χ4v) is 5.57. The monoisotopic (exact) mass is 599 g/mol. The van der Waals surface area contributed by atoms with E-state index < -0.39 is 22.0 Å². The van der Waals surface area contributed by atoms with Crippen LogP contribution in [0.4, 0.5) is 0 Å². The maximum absolute atomic E-state index is 13.4. The normalized spacial score (nSPS) is 14.6. The highest BCUT2D eigenvalue weighted by Crippen LogP contribution is 2.28. The average Bonchev–Trinajstić information content (AvgIpc) is 3.38. The zero-order chi connectivity index (χ0) is 30.3. The predicted octanol–water partition coefficient (Wildman–Crippen LogP) is 1.92. The topological polar surface area (TPSA) is 131 Å². The standard InChI is InChI=1S/C29H37N5O7S/c1-32(2)42(37,38)34-20-22(23-8-5-6-9-25(23)34)18-24(29(36)30-12-7-13-33-14-16-41-17-15-33)31-28(35)21-10-11-26(39-3)27(19-21)40-4/h5-6,8-11,18-20H,7,12-17H2,1-4H3,(H,30,36)(H,31,35)/b24-18-. The summed E-state index contributed by atoms with van der Waals surface area (Å²) in [6, 6.07) is 11.6. The highest BCUT2D eigenvalue weighted by Gasteiger charge is 2.22. The molecule has 1 saturated heterocycles. The minimum atomic E-state index is -3.85. The number of ether oxygens (including phenoxy) is 3. The molecule has 0 saturated carbocycles. The second kappa shape index (κ2) is 13.8. The van der Waals surface area contributed by atoms with Gasteiger partial charge in [0.25, 0.3) is 11.8 Å². The van der Waals surface area contributed by atoms with E-state index in [9.17, 15) is 18.0 Å². The molecule has 0 spiro atoms. The van der Waals surface area contributed by atoms with Gasteiger partial charge >= 0.3 is 10.2 Å². The zero-order valence-corrected chi connectivity index (χ0v) is 25.1. The van der Waals surface area contributed by atoms with E-state index in [1.54, 1.807) is 36.4 Å². The fraction of sp³-hybridized carbons (Fsp3) is 0.379. The van der Waals surface area contributed by atoms with Crippen molar-refractivity contribution in [2.24, 2.45) is 0 Å². The third-order valence-electron chi connectivity index (χ3n) is 6.90. The van der Waals surface area contributed by atoms with E-state index in [0.717, 1.165) is 27.9 Å². The lowest BCUT2D eigenvalue weighted by Gasteiger charge is -2.26. The average molecular weight is 600 g/mol. The Labute approximate surface area is 246 Å². The maximum atomic E-state index is 13.4. The number of carbonyl (C=O) groups excluding carboxylic acids is 2. The molecule has 12 nitrogen and oxygen atoms in total. The number of fused-ring (bicyclic) bond motifs is 1. The molecule has 1 aromatic heterocycles. The largest absolute Gasteiger partial charge is 0.493 e. The molecule has 4 rings (SSSR count). The van der Waals surface area contributed by atoms with Gasteiger partial charge in [0.1, 0.15) is 5.70 Å². The number of rotatable bonds is 12. The van der Waals surface area contributed by atoms with Gasteiger partial charge in [-0.25, -0.2) is 3.97 Å². The van der Waals surface area contributed by atoms with Crippen LogP contribution in [0.2, 0.25) is 0 Å². The van der Waals surface area contributed by atoms with E-state index >= 15 is 0 Å². The molecule has 13 heteroatoms. The zero-order valence-electron chi connectivity index (χ0n) is 24.3. The lowest BCUT2D eigenvalue weighted by atomic mass is 10.1. The summed E-state index contributed by atoms with van der Waals surface area (Å²) in [6.07, 6.45) is 3.64. The molecular weight excluding hydrogens is 562 g/mol. The summed E-state index contributed by atoms with van der Waals surface area (Å²) in [7, 11) is 1.99. The van der Waals surface area contributed by atoms with Crippen molar-refractivity contribution in [3.05, 3.63) is 65.5 Å². The Bertz CT molecular complexity index is 1560. The lowest BCUT2D eigenvalue weighted by molar-refractivity contribution is -0.117. The number of hydrogen-bond donors (Lipinski definition) is 2. The number of aromatic nitrogens is 1. The van der Waals surface area contributed by atoms with Gasteiger partial charge in [0, 0.05) is 56.4 Å². The minimum Gasteiger partial charge on any atom is -0.493 e. The van der Waals surface area contributed by atoms with Crippen molar-refractivity contribution >= 4 is 39.0 Å². The maximum Gasteiger partial charge on any atom is 0.307 e. The van der Waals surface area contributed by atoms with Crippen LogP contribution < -0.4 is 20.1 Å². The van der Waals surface area contributed by atoms with E-state index in [2.05, 4.69) is 15.5 Å². The molecule has 0 radical (unpaired) electrons. The number of para-hydroxylation sites is 1. The molecule has 2 aromatic carbocycles. The molecule has 1 fully saturated rings. The van der Waals surface area contributed by atoms with Crippen molar-refractivity contribution in [3.63, 3.8) is 0 Å². The van der Waals surface area contributed by atoms with Crippen LogP contribution in [-0.4, -0.2) is 101 Å². The van der Waals surface area contributed by atoms with Gasteiger partial charge in [0.2, 0.25) is 0 Å². The Morgan fingerprint density at radius 3 is 2.45 bits per heavy atom. The first-order valence-electron chi connectivity index (χ1n) is 13.5. The second-order valence-corrected chi connectivity index (χ2v) is 11.9. The third-order valence-corrected chi connectivity index (χ3v) is 8.62. The van der Waals surface area contributed by atoms with Crippen LogP contribution in [0.3, 0.4) is 0 Å². The molecule has 0 bridgehead atoms. The van der Waals surface area contributed by atoms with Gasteiger partial charge in [-0.15, -0.1) is 0 Å². The fourth-order valence-electron chi connectivity index (χ4n) is 4.57. The Kier molecular flexibility index (Phi) is 10.2. The van der Waals surface area contributed by atoms with E-state index in [1.807, 2.05) is 0 Å². The van der Waals surface area contributed by atoms with Crippen LogP contribution in [0.1, 0.15) is 22.3 Å². The number of amides is 2. The molecule has 3 aromatic rings. The molecule has 2 heterocycles. The Morgan fingerprint density at radius 1 is 1.05 bits per heavy atom. The van der Waals surface area contributed by atoms with Crippen LogP contribution in [0, 0.1) is 0 Å². The Balaban J connectivity index is 1.65. The van der Waals surface area contributed by atoms with E-state index in [-0.39, 0.29) is 11.3 Å². The number of benzene rings is 2. The second-order valence-electron chi connectivity index (χ2n) is 9.83. The van der Waals surface area contributed by atoms with Gasteiger partial charge in [-0.3, -0.25) is 14.5 Å². The molecule has 42 heavy (non-hydrogen) atoms. The highest BCUT2D eigenvalue weighted by atomic mass is 32.2. The molecule has 2 amide bonds. The minimum absolute atomic E-state index is 0.0358. The lowest BCUT2D eigenvalue weighted by Crippen LogP contribution is -2.39.